The minimum Gasteiger partial charge on any atom is -0.497 e. The molecule has 3 unspecified atom stereocenters. The largest absolute Gasteiger partial charge is 0.534 e. The van der Waals surface area contributed by atoms with Crippen LogP contribution in [-0.4, -0.2) is 185 Å². The van der Waals surface area contributed by atoms with Gasteiger partial charge in [0, 0.05) is 83.8 Å². The summed E-state index contributed by atoms with van der Waals surface area (Å²) in [4.78, 5) is 64.8. The third kappa shape index (κ3) is 20.3. The number of nitrogen functional groups attached to an aromatic ring is 1. The number of hydrogen-bond donors (Lipinski definition) is 5. The molecule has 4 aliphatic heterocycles. The van der Waals surface area contributed by atoms with Crippen molar-refractivity contribution in [2.45, 2.75) is 182 Å². The molecule has 25 nitrogen and oxygen atoms in total. The Morgan fingerprint density at radius 3 is 1.29 bits per heavy atom. The second kappa shape index (κ2) is 34.0. The average Bonchev–Trinajstić information content (AvgIpc) is 1.50. The van der Waals surface area contributed by atoms with Gasteiger partial charge in [-0.05, 0) is 141 Å². The third-order valence-electron chi connectivity index (χ3n) is 18.5. The Hall–Kier alpha value is -6.95. The van der Waals surface area contributed by atoms with E-state index in [1.807, 2.05) is 88.4 Å². The number of methoxy groups -OCH3 is 1. The zero-order chi connectivity index (χ0) is 68.7. The number of sulfonamides is 2. The molecule has 7 aliphatic rings. The highest BCUT2D eigenvalue weighted by molar-refractivity contribution is 7.89. The number of hydroxylamine groups is 2. The highest BCUT2D eigenvalue weighted by Crippen LogP contribution is 2.40. The molecule has 4 aromatic carbocycles. The minimum atomic E-state index is -3.92. The SMILES string of the molecule is CC(C)CN(C[C@@H](O)[C@H](Cc1ccccc1)NC(=O)O[C@@H]1CC2CCO[C@@H]2C1)S(=O)(=O)c1ccc(N)cc1.COc1ccc(S(=O)(=O)N(CC(C)C)C[C@@H](O)[C@H](Cc2ccccc2)NC(=O)O[C@@H]2CC3CCO[C@@H]3C2)cc1.O=C(O[C@@H]1CC2CCO[C@@H]2C1)ON1C(=O)CCC1=O. The van der Waals surface area contributed by atoms with E-state index in [4.69, 9.17) is 38.9 Å². The molecule has 0 bridgehead atoms. The number of aliphatic hydroxyl groups is 2. The van der Waals surface area contributed by atoms with Gasteiger partial charge in [-0.15, -0.1) is 0 Å². The lowest BCUT2D eigenvalue weighted by molar-refractivity contribution is -0.178. The van der Waals surface area contributed by atoms with Crippen LogP contribution in [0.3, 0.4) is 0 Å². The van der Waals surface area contributed by atoms with Crippen LogP contribution in [0.4, 0.5) is 20.1 Å². The summed E-state index contributed by atoms with van der Waals surface area (Å²) >= 11 is 0. The predicted molar refractivity (Wildman–Crippen MR) is 351 cm³/mol. The van der Waals surface area contributed by atoms with E-state index < -0.39 is 74.5 Å². The molecule has 27 heteroatoms. The van der Waals surface area contributed by atoms with Gasteiger partial charge in [0.1, 0.15) is 24.1 Å². The fourth-order valence-electron chi connectivity index (χ4n) is 13.6. The number of amides is 4. The first-order chi connectivity index (χ1) is 45.9. The molecule has 4 aromatic rings. The Morgan fingerprint density at radius 2 is 0.927 bits per heavy atom. The molecule has 4 heterocycles. The summed E-state index contributed by atoms with van der Waals surface area (Å²) in [5.74, 6) is 0.838. The van der Waals surface area contributed by atoms with E-state index in [1.165, 1.54) is 52.1 Å². The number of carbonyl (C=O) groups is 5. The lowest BCUT2D eigenvalue weighted by Crippen LogP contribution is -2.51. The smallest absolute Gasteiger partial charge is 0.497 e. The van der Waals surface area contributed by atoms with Crippen LogP contribution in [0.2, 0.25) is 0 Å². The minimum absolute atomic E-state index is 0.0137. The lowest BCUT2D eigenvalue weighted by Gasteiger charge is -2.31. The predicted octanol–water partition coefficient (Wildman–Crippen LogP) is 7.56. The van der Waals surface area contributed by atoms with Crippen molar-refractivity contribution in [2.75, 3.05) is 58.8 Å². The number of nitrogens with one attached hydrogen (secondary N) is 2. The van der Waals surface area contributed by atoms with Crippen molar-refractivity contribution in [1.82, 2.24) is 24.3 Å². The summed E-state index contributed by atoms with van der Waals surface area (Å²) in [7, 11) is -6.31. The number of hydrogen-bond acceptors (Lipinski definition) is 20. The number of aliphatic hydroxyl groups excluding tert-OH is 2. The fraction of sp³-hybridized carbons (Fsp3) is 0.580. The number of carbonyl (C=O) groups excluding carboxylic acids is 5. The van der Waals surface area contributed by atoms with Crippen molar-refractivity contribution in [1.29, 1.82) is 0 Å². The van der Waals surface area contributed by atoms with Crippen LogP contribution in [0.15, 0.2) is 119 Å². The molecule has 13 atom stereocenters. The van der Waals surface area contributed by atoms with Crippen LogP contribution >= 0.6 is 0 Å². The second-order valence-corrected chi connectivity index (χ2v) is 30.6. The number of nitrogens with two attached hydrogens (primary N) is 1. The van der Waals surface area contributed by atoms with Gasteiger partial charge in [-0.1, -0.05) is 93.4 Å². The first-order valence-electron chi connectivity index (χ1n) is 33.4. The van der Waals surface area contributed by atoms with Gasteiger partial charge in [0.25, 0.3) is 11.8 Å². The molecule has 3 aliphatic carbocycles. The van der Waals surface area contributed by atoms with E-state index >= 15 is 0 Å². The second-order valence-electron chi connectivity index (χ2n) is 26.7. The molecule has 11 rings (SSSR count). The van der Waals surface area contributed by atoms with Crippen LogP contribution < -0.4 is 21.1 Å². The summed E-state index contributed by atoms with van der Waals surface area (Å²) in [5, 5.41) is 28.9. The van der Waals surface area contributed by atoms with Crippen LogP contribution in [-0.2, 0) is 75.7 Å². The molecule has 96 heavy (non-hydrogen) atoms. The Kier molecular flexibility index (Phi) is 26.0. The van der Waals surface area contributed by atoms with Crippen molar-refractivity contribution in [3.8, 4) is 5.75 Å². The molecule has 526 valence electrons. The number of rotatable bonds is 25. The normalized spacial score (nSPS) is 24.8. The Morgan fingerprint density at radius 1 is 0.552 bits per heavy atom. The van der Waals surface area contributed by atoms with Crippen molar-refractivity contribution in [2.24, 2.45) is 29.6 Å². The number of fused-ring (bicyclic) bond motifs is 3. The summed E-state index contributed by atoms with van der Waals surface area (Å²) in [6.07, 6.45) is 3.15. The monoisotopic (exact) mass is 1370 g/mol. The summed E-state index contributed by atoms with van der Waals surface area (Å²) in [6.45, 7) is 9.97. The quantitative estimate of drug-likeness (QED) is 0.0185. The average molecular weight is 1380 g/mol. The Bertz CT molecular complexity index is 3380. The summed E-state index contributed by atoms with van der Waals surface area (Å²) in [6, 6.07) is 29.5. The summed E-state index contributed by atoms with van der Waals surface area (Å²) < 4.78 is 95.3. The lowest BCUT2D eigenvalue weighted by atomic mass is 10.0. The first kappa shape index (κ1) is 73.3. The van der Waals surface area contributed by atoms with Crippen molar-refractivity contribution in [3.05, 3.63) is 120 Å². The number of ether oxygens (including phenoxy) is 7. The molecule has 0 spiro atoms. The molecule has 3 saturated carbocycles. The van der Waals surface area contributed by atoms with E-state index in [-0.39, 0.29) is 97.3 Å². The van der Waals surface area contributed by atoms with Gasteiger partial charge in [0.05, 0.1) is 59.5 Å². The van der Waals surface area contributed by atoms with Crippen molar-refractivity contribution in [3.63, 3.8) is 0 Å². The Balaban J connectivity index is 0.000000179. The maximum absolute atomic E-state index is 13.6. The Labute approximate surface area is 562 Å². The van der Waals surface area contributed by atoms with Crippen LogP contribution in [0.1, 0.15) is 109 Å². The van der Waals surface area contributed by atoms with Crippen LogP contribution in [0.5, 0.6) is 5.75 Å². The van der Waals surface area contributed by atoms with E-state index in [1.54, 1.807) is 12.1 Å². The number of nitrogens with zero attached hydrogens (tertiary/aromatic N) is 3. The third-order valence-corrected chi connectivity index (χ3v) is 22.2. The molecular weight excluding hydrogens is 1280 g/mol. The van der Waals surface area contributed by atoms with E-state index in [9.17, 15) is 51.0 Å². The van der Waals surface area contributed by atoms with Gasteiger partial charge in [-0.25, -0.2) is 31.2 Å². The summed E-state index contributed by atoms with van der Waals surface area (Å²) in [5.41, 5.74) is 8.01. The van der Waals surface area contributed by atoms with Gasteiger partial charge >= 0.3 is 18.3 Å². The maximum Gasteiger partial charge on any atom is 0.534 e. The number of benzene rings is 4. The molecule has 6 N–H and O–H groups in total. The first-order valence-corrected chi connectivity index (χ1v) is 36.3. The molecule has 0 radical (unpaired) electrons. The van der Waals surface area contributed by atoms with Gasteiger partial charge in [0.15, 0.2) is 0 Å². The van der Waals surface area contributed by atoms with Crippen molar-refractivity contribution < 1.29 is 89.0 Å². The van der Waals surface area contributed by atoms with Crippen LogP contribution in [0, 0.1) is 29.6 Å². The van der Waals surface area contributed by atoms with Gasteiger partial charge in [-0.3, -0.25) is 14.4 Å². The number of anilines is 1. The molecule has 4 amide bonds. The topological polar surface area (TPSA) is 328 Å². The molecule has 7 fully saturated rings. The van der Waals surface area contributed by atoms with Gasteiger partial charge in [-0.2, -0.15) is 8.61 Å². The van der Waals surface area contributed by atoms with Crippen LogP contribution in [0.25, 0.3) is 0 Å². The number of alkyl carbamates (subject to hydrolysis) is 2. The van der Waals surface area contributed by atoms with Crippen molar-refractivity contribution >= 4 is 55.9 Å². The standard InChI is InChI=1S/C29H40N2O7S.C28H39N3O6S.C12H15NO6/c1-20(2)18-31(39(34,35)25-11-9-23(36-3)10-12-25)19-27(32)26(15-21-7-5-4-6-8-21)30-29(33)38-24-16-22-13-14-37-28(22)17-24;1-19(2)17-31(38(34,35)24-10-8-22(29)9-11-24)18-26(32)25(14-20-6-4-3-5-7-20)30-28(33)37-23-15-21-12-13-36-27(21)16-23;14-10-1-2-11(15)13(10)19-12(16)18-8-5-7-3-4-17-9(7)6-8/h4-12,20,22,24,26-28,32H,13-19H2,1-3H3,(H,30,33);3-11,19,21,23,25-27,32H,12-18,29H2,1-2H3,(H,30,33);7-9H,1-6H2/t22?,24-,26+,27-,28-;21?,23-,25+,26-,27-;7?,8-,9-/m111/s1. The van der Waals surface area contributed by atoms with E-state index in [0.717, 1.165) is 69.5 Å². The molecule has 0 aromatic heterocycles. The van der Waals surface area contributed by atoms with E-state index in [2.05, 4.69) is 15.5 Å². The molecule has 4 saturated heterocycles. The number of imide groups is 1. The highest BCUT2D eigenvalue weighted by Gasteiger charge is 2.44. The molecular formula is C69H94N6O19S2. The van der Waals surface area contributed by atoms with E-state index in [0.29, 0.717) is 66.4 Å². The fourth-order valence-corrected chi connectivity index (χ4v) is 16.9. The highest BCUT2D eigenvalue weighted by atomic mass is 32.2. The zero-order valence-corrected chi connectivity index (χ0v) is 56.9. The van der Waals surface area contributed by atoms with Gasteiger partial charge < -0.3 is 59.7 Å². The maximum atomic E-state index is 13.6. The van der Waals surface area contributed by atoms with Gasteiger partial charge in [0.2, 0.25) is 20.0 Å². The zero-order valence-electron chi connectivity index (χ0n) is 55.3.